The van der Waals surface area contributed by atoms with Crippen LogP contribution in [0.5, 0.6) is 0 Å². The van der Waals surface area contributed by atoms with Crippen LogP contribution >= 0.6 is 12.2 Å². The monoisotopic (exact) mass is 364 g/mol. The van der Waals surface area contributed by atoms with Crippen LogP contribution in [0.1, 0.15) is 11.1 Å². The first-order valence-electron chi connectivity index (χ1n) is 7.76. The molecule has 0 aliphatic carbocycles. The van der Waals surface area contributed by atoms with Gasteiger partial charge in [0.05, 0.1) is 11.4 Å². The van der Waals surface area contributed by atoms with Crippen molar-refractivity contribution in [1.29, 1.82) is 0 Å². The standard InChI is InChI=1S/C18H12N4O3S/c1-10-6-8-11(9-7-10)21-16(24)17(25)22(18(21)26)20-14-12-4-2-3-5-13(12)19-15(14)23/h2-9H,1H3,(H,19,20,23). The minimum atomic E-state index is -0.903. The molecule has 1 saturated heterocycles. The smallest absolute Gasteiger partial charge is 0.320 e. The van der Waals surface area contributed by atoms with Crippen LogP contribution in [0, 0.1) is 6.92 Å². The number of hydrogen-bond acceptors (Lipinski definition) is 5. The number of amides is 3. The van der Waals surface area contributed by atoms with Gasteiger partial charge in [0, 0.05) is 5.56 Å². The molecule has 2 aromatic rings. The summed E-state index contributed by atoms with van der Waals surface area (Å²) < 4.78 is 0. The molecule has 1 fully saturated rings. The van der Waals surface area contributed by atoms with Crippen molar-refractivity contribution in [3.8, 4) is 0 Å². The summed E-state index contributed by atoms with van der Waals surface area (Å²) in [6.45, 7) is 1.91. The molecule has 128 valence electrons. The number of nitrogens with zero attached hydrogens (tertiary/aromatic N) is 3. The van der Waals surface area contributed by atoms with Gasteiger partial charge in [-0.3, -0.25) is 14.4 Å². The predicted molar refractivity (Wildman–Crippen MR) is 99.7 cm³/mol. The molecule has 3 amide bonds. The van der Waals surface area contributed by atoms with Crippen LogP contribution in [-0.2, 0) is 14.4 Å². The Morgan fingerprint density at radius 3 is 2.38 bits per heavy atom. The summed E-state index contributed by atoms with van der Waals surface area (Å²) in [6, 6.07) is 14.0. The molecule has 0 radical (unpaired) electrons. The zero-order valence-electron chi connectivity index (χ0n) is 13.6. The number of fused-ring (bicyclic) bond motifs is 1. The molecule has 0 bridgehead atoms. The molecule has 0 saturated carbocycles. The summed E-state index contributed by atoms with van der Waals surface area (Å²) in [4.78, 5) is 38.1. The van der Waals surface area contributed by atoms with E-state index in [2.05, 4.69) is 10.4 Å². The molecular weight excluding hydrogens is 352 g/mol. The van der Waals surface area contributed by atoms with Gasteiger partial charge in [0.15, 0.2) is 5.71 Å². The summed E-state index contributed by atoms with van der Waals surface area (Å²) >= 11 is 5.27. The molecule has 1 N–H and O–H groups in total. The maximum Gasteiger partial charge on any atom is 0.339 e. The number of aryl methyl sites for hydroxylation is 1. The highest BCUT2D eigenvalue weighted by molar-refractivity contribution is 7.80. The minimum Gasteiger partial charge on any atom is -0.320 e. The molecule has 2 aliphatic rings. The Morgan fingerprint density at radius 2 is 1.65 bits per heavy atom. The Hall–Kier alpha value is -3.39. The topological polar surface area (TPSA) is 82.1 Å². The van der Waals surface area contributed by atoms with Crippen molar-refractivity contribution in [2.75, 3.05) is 10.2 Å². The highest BCUT2D eigenvalue weighted by Gasteiger charge is 2.44. The van der Waals surface area contributed by atoms with Crippen molar-refractivity contribution in [2.24, 2.45) is 5.10 Å². The summed E-state index contributed by atoms with van der Waals surface area (Å²) in [6.07, 6.45) is 0. The van der Waals surface area contributed by atoms with Crippen LogP contribution < -0.4 is 10.2 Å². The Bertz CT molecular complexity index is 1010. The third-order valence-electron chi connectivity index (χ3n) is 4.09. The summed E-state index contributed by atoms with van der Waals surface area (Å²) in [5, 5.41) is 7.46. The van der Waals surface area contributed by atoms with Crippen molar-refractivity contribution in [3.63, 3.8) is 0 Å². The number of anilines is 2. The maximum absolute atomic E-state index is 12.4. The van der Waals surface area contributed by atoms with Crippen LogP contribution in [0.25, 0.3) is 0 Å². The zero-order valence-corrected chi connectivity index (χ0v) is 14.4. The molecule has 0 unspecified atom stereocenters. The molecular formula is C18H12N4O3S. The van der Waals surface area contributed by atoms with E-state index in [1.807, 2.05) is 19.1 Å². The number of para-hydroxylation sites is 1. The fraction of sp³-hybridized carbons (Fsp3) is 0.0556. The van der Waals surface area contributed by atoms with Crippen molar-refractivity contribution >= 4 is 52.1 Å². The normalized spacial score (nSPS) is 18.0. The van der Waals surface area contributed by atoms with Crippen LogP contribution in [0.3, 0.4) is 0 Å². The number of rotatable bonds is 2. The van der Waals surface area contributed by atoms with E-state index in [-0.39, 0.29) is 10.8 Å². The summed E-state index contributed by atoms with van der Waals surface area (Å²) in [5.74, 6) is -2.17. The van der Waals surface area contributed by atoms with E-state index >= 15 is 0 Å². The number of nitrogens with one attached hydrogen (secondary N) is 1. The third kappa shape index (κ3) is 2.39. The van der Waals surface area contributed by atoms with Gasteiger partial charge in [-0.1, -0.05) is 35.9 Å². The Balaban J connectivity index is 1.73. The van der Waals surface area contributed by atoms with E-state index in [0.717, 1.165) is 15.5 Å². The first-order chi connectivity index (χ1) is 12.5. The SMILES string of the molecule is Cc1ccc(N2C(=O)C(=O)N(/N=C3/C(=O)Nc4ccccc43)C2=S)cc1. The molecule has 7 nitrogen and oxygen atoms in total. The minimum absolute atomic E-state index is 0.0369. The van der Waals surface area contributed by atoms with Gasteiger partial charge in [-0.15, -0.1) is 0 Å². The highest BCUT2D eigenvalue weighted by Crippen LogP contribution is 2.26. The molecule has 0 atom stereocenters. The second-order valence-electron chi connectivity index (χ2n) is 5.82. The highest BCUT2D eigenvalue weighted by atomic mass is 32.1. The molecule has 2 heterocycles. The Labute approximate surface area is 153 Å². The van der Waals surface area contributed by atoms with E-state index < -0.39 is 17.7 Å². The van der Waals surface area contributed by atoms with Crippen molar-refractivity contribution < 1.29 is 14.4 Å². The number of hydrogen-bond donors (Lipinski definition) is 1. The van der Waals surface area contributed by atoms with Gasteiger partial charge in [-0.25, -0.2) is 4.90 Å². The van der Waals surface area contributed by atoms with Gasteiger partial charge >= 0.3 is 11.8 Å². The molecule has 4 rings (SSSR count). The van der Waals surface area contributed by atoms with E-state index in [1.165, 1.54) is 0 Å². The predicted octanol–water partition coefficient (Wildman–Crippen LogP) is 1.81. The first-order valence-corrected chi connectivity index (χ1v) is 8.17. The van der Waals surface area contributed by atoms with Crippen molar-refractivity contribution in [3.05, 3.63) is 59.7 Å². The fourth-order valence-corrected chi connectivity index (χ4v) is 3.08. The summed E-state index contributed by atoms with van der Waals surface area (Å²) in [5.41, 5.74) is 2.66. The number of hydrazone groups is 1. The van der Waals surface area contributed by atoms with Crippen LogP contribution in [0.15, 0.2) is 53.6 Å². The van der Waals surface area contributed by atoms with E-state index in [4.69, 9.17) is 12.2 Å². The second-order valence-corrected chi connectivity index (χ2v) is 6.19. The van der Waals surface area contributed by atoms with Gasteiger partial charge in [0.1, 0.15) is 0 Å². The van der Waals surface area contributed by atoms with Crippen molar-refractivity contribution in [2.45, 2.75) is 6.92 Å². The molecule has 0 spiro atoms. The Morgan fingerprint density at radius 1 is 0.962 bits per heavy atom. The molecule has 8 heteroatoms. The van der Waals surface area contributed by atoms with Gasteiger partial charge in [0.2, 0.25) is 5.11 Å². The summed E-state index contributed by atoms with van der Waals surface area (Å²) in [7, 11) is 0. The maximum atomic E-state index is 12.4. The molecule has 2 aliphatic heterocycles. The average Bonchev–Trinajstić information content (AvgIpc) is 3.05. The second kappa shape index (κ2) is 5.85. The van der Waals surface area contributed by atoms with Gasteiger partial charge in [0.25, 0.3) is 5.91 Å². The Kier molecular flexibility index (Phi) is 3.62. The van der Waals surface area contributed by atoms with Crippen LogP contribution in [-0.4, -0.2) is 33.6 Å². The quantitative estimate of drug-likeness (QED) is 0.651. The zero-order chi connectivity index (χ0) is 18.4. The van der Waals surface area contributed by atoms with Crippen LogP contribution in [0.2, 0.25) is 0 Å². The van der Waals surface area contributed by atoms with E-state index in [1.54, 1.807) is 36.4 Å². The van der Waals surface area contributed by atoms with Gasteiger partial charge < -0.3 is 5.32 Å². The van der Waals surface area contributed by atoms with E-state index in [9.17, 15) is 14.4 Å². The lowest BCUT2D eigenvalue weighted by molar-refractivity contribution is -0.139. The lowest BCUT2D eigenvalue weighted by Crippen LogP contribution is -2.31. The molecule has 0 aromatic heterocycles. The number of carbonyl (C=O) groups excluding carboxylic acids is 3. The molecule has 2 aromatic carbocycles. The van der Waals surface area contributed by atoms with Gasteiger partial charge in [-0.2, -0.15) is 10.1 Å². The van der Waals surface area contributed by atoms with E-state index in [0.29, 0.717) is 16.9 Å². The largest absolute Gasteiger partial charge is 0.339 e. The lowest BCUT2D eigenvalue weighted by Gasteiger charge is -2.15. The third-order valence-corrected chi connectivity index (χ3v) is 4.44. The van der Waals surface area contributed by atoms with Crippen molar-refractivity contribution in [1.82, 2.24) is 5.01 Å². The molecule has 26 heavy (non-hydrogen) atoms. The first kappa shape index (κ1) is 16.1. The number of thiocarbonyl (C=S) groups is 1. The number of benzene rings is 2. The number of carbonyl (C=O) groups is 3. The van der Waals surface area contributed by atoms with Crippen LogP contribution in [0.4, 0.5) is 11.4 Å². The lowest BCUT2D eigenvalue weighted by atomic mass is 10.1. The average molecular weight is 364 g/mol. The fourth-order valence-electron chi connectivity index (χ4n) is 2.77. The van der Waals surface area contributed by atoms with Gasteiger partial charge in [-0.05, 0) is 37.3 Å².